The molecular formula is C28H29Cl3N2O3. The van der Waals surface area contributed by atoms with E-state index < -0.39 is 6.04 Å². The summed E-state index contributed by atoms with van der Waals surface area (Å²) < 4.78 is 5.74. The van der Waals surface area contributed by atoms with E-state index in [2.05, 4.69) is 5.32 Å². The number of likely N-dealkylation sites (N-methyl/N-ethyl adjacent to an activating group) is 1. The summed E-state index contributed by atoms with van der Waals surface area (Å²) >= 11 is 18.2. The third-order valence-electron chi connectivity index (χ3n) is 5.58. The first-order valence-electron chi connectivity index (χ1n) is 11.8. The number of benzene rings is 3. The highest BCUT2D eigenvalue weighted by Crippen LogP contribution is 2.25. The number of ether oxygens (including phenoxy) is 1. The van der Waals surface area contributed by atoms with Crippen molar-refractivity contribution in [2.75, 3.05) is 13.2 Å². The van der Waals surface area contributed by atoms with E-state index in [1.54, 1.807) is 41.3 Å². The number of halogens is 3. The molecule has 0 aliphatic carbocycles. The van der Waals surface area contributed by atoms with Gasteiger partial charge in [0.2, 0.25) is 11.8 Å². The summed E-state index contributed by atoms with van der Waals surface area (Å²) in [6, 6.07) is 21.3. The van der Waals surface area contributed by atoms with Crippen LogP contribution in [0.1, 0.15) is 30.9 Å². The van der Waals surface area contributed by atoms with Gasteiger partial charge in [-0.05, 0) is 60.9 Å². The molecule has 8 heteroatoms. The van der Waals surface area contributed by atoms with Crippen LogP contribution >= 0.6 is 34.8 Å². The summed E-state index contributed by atoms with van der Waals surface area (Å²) in [5, 5.41) is 4.35. The second-order valence-electron chi connectivity index (χ2n) is 8.28. The fourth-order valence-corrected chi connectivity index (χ4v) is 4.22. The molecule has 0 bridgehead atoms. The molecule has 1 N–H and O–H groups in total. The van der Waals surface area contributed by atoms with Gasteiger partial charge in [-0.3, -0.25) is 9.59 Å². The number of hydrogen-bond donors (Lipinski definition) is 1. The highest BCUT2D eigenvalue weighted by Gasteiger charge is 2.30. The Balaban J connectivity index is 1.78. The highest BCUT2D eigenvalue weighted by atomic mass is 35.5. The Morgan fingerprint density at radius 3 is 2.31 bits per heavy atom. The van der Waals surface area contributed by atoms with Gasteiger partial charge in [0.05, 0.1) is 16.7 Å². The van der Waals surface area contributed by atoms with Crippen molar-refractivity contribution in [2.45, 2.75) is 38.8 Å². The molecule has 0 aliphatic rings. The van der Waals surface area contributed by atoms with Crippen molar-refractivity contribution >= 4 is 46.6 Å². The molecular weight excluding hydrogens is 519 g/mol. The minimum absolute atomic E-state index is 0.145. The molecule has 0 heterocycles. The van der Waals surface area contributed by atoms with E-state index in [1.165, 1.54) is 0 Å². The van der Waals surface area contributed by atoms with Crippen molar-refractivity contribution in [1.82, 2.24) is 10.2 Å². The molecule has 0 saturated carbocycles. The standard InChI is InChI=1S/C28H29Cl3N2O3/c1-2-32-28(35)26(18-20-7-4-3-5-8-20)33(19-21-10-15-24(30)25(31)17-21)27(34)9-6-16-36-23-13-11-22(29)12-14-23/h3-5,7-8,10-15,17,26H,2,6,9,16,18-19H2,1H3,(H,32,35)/t26-/m0/s1. The molecule has 0 aliphatic heterocycles. The first-order chi connectivity index (χ1) is 17.4. The molecule has 0 spiro atoms. The van der Waals surface area contributed by atoms with E-state index in [4.69, 9.17) is 39.5 Å². The first-order valence-corrected chi connectivity index (χ1v) is 12.9. The number of nitrogens with zero attached hydrogens (tertiary/aromatic N) is 1. The molecule has 2 amide bonds. The van der Waals surface area contributed by atoms with Gasteiger partial charge in [-0.25, -0.2) is 0 Å². The lowest BCUT2D eigenvalue weighted by Crippen LogP contribution is -2.50. The normalized spacial score (nSPS) is 11.6. The van der Waals surface area contributed by atoms with Crippen molar-refractivity contribution in [3.8, 4) is 5.75 Å². The van der Waals surface area contributed by atoms with Crippen molar-refractivity contribution in [1.29, 1.82) is 0 Å². The Morgan fingerprint density at radius 2 is 1.64 bits per heavy atom. The number of nitrogens with one attached hydrogen (secondary N) is 1. The molecule has 3 rings (SSSR count). The maximum Gasteiger partial charge on any atom is 0.243 e. The molecule has 1 atom stereocenters. The molecule has 0 aromatic heterocycles. The Morgan fingerprint density at radius 1 is 0.917 bits per heavy atom. The van der Waals surface area contributed by atoms with Gasteiger partial charge in [0, 0.05) is 31.0 Å². The van der Waals surface area contributed by atoms with Gasteiger partial charge < -0.3 is 15.0 Å². The van der Waals surface area contributed by atoms with E-state index >= 15 is 0 Å². The Kier molecular flexibility index (Phi) is 10.9. The Hall–Kier alpha value is -2.73. The molecule has 0 saturated heterocycles. The van der Waals surface area contributed by atoms with E-state index in [0.29, 0.717) is 46.8 Å². The van der Waals surface area contributed by atoms with Crippen molar-refractivity contribution in [3.63, 3.8) is 0 Å². The summed E-state index contributed by atoms with van der Waals surface area (Å²) in [6.45, 7) is 2.91. The Labute approximate surface area is 227 Å². The van der Waals surface area contributed by atoms with E-state index in [9.17, 15) is 9.59 Å². The van der Waals surface area contributed by atoms with Crippen LogP contribution in [0.2, 0.25) is 15.1 Å². The molecule has 190 valence electrons. The van der Waals surface area contributed by atoms with Gasteiger partial charge in [0.15, 0.2) is 0 Å². The number of rotatable bonds is 12. The summed E-state index contributed by atoms with van der Waals surface area (Å²) in [4.78, 5) is 28.3. The van der Waals surface area contributed by atoms with Gasteiger partial charge >= 0.3 is 0 Å². The van der Waals surface area contributed by atoms with Gasteiger partial charge in [-0.2, -0.15) is 0 Å². The fraction of sp³-hybridized carbons (Fsp3) is 0.286. The van der Waals surface area contributed by atoms with E-state index in [0.717, 1.165) is 11.1 Å². The number of carbonyl (C=O) groups excluding carboxylic acids is 2. The van der Waals surface area contributed by atoms with Crippen LogP contribution in [0.15, 0.2) is 72.8 Å². The predicted octanol–water partition coefficient (Wildman–Crippen LogP) is 6.58. The Bertz CT molecular complexity index is 1140. The third-order valence-corrected chi connectivity index (χ3v) is 6.57. The van der Waals surface area contributed by atoms with Crippen LogP contribution in [0.4, 0.5) is 0 Å². The van der Waals surface area contributed by atoms with Crippen molar-refractivity contribution in [2.24, 2.45) is 0 Å². The molecule has 0 radical (unpaired) electrons. The van der Waals surface area contributed by atoms with Gasteiger partial charge in [0.25, 0.3) is 0 Å². The predicted molar refractivity (Wildman–Crippen MR) is 146 cm³/mol. The number of hydrogen-bond acceptors (Lipinski definition) is 3. The summed E-state index contributed by atoms with van der Waals surface area (Å²) in [7, 11) is 0. The lowest BCUT2D eigenvalue weighted by molar-refractivity contribution is -0.141. The van der Waals surface area contributed by atoms with Crippen LogP contribution in [0, 0.1) is 0 Å². The quantitative estimate of drug-likeness (QED) is 0.261. The van der Waals surface area contributed by atoms with Crippen LogP contribution in [-0.4, -0.2) is 35.9 Å². The highest BCUT2D eigenvalue weighted by molar-refractivity contribution is 6.42. The summed E-state index contributed by atoms with van der Waals surface area (Å²) in [5.74, 6) is 0.337. The maximum atomic E-state index is 13.5. The largest absolute Gasteiger partial charge is 0.494 e. The number of amides is 2. The first kappa shape index (κ1) is 27.9. The third kappa shape index (κ3) is 8.44. The minimum Gasteiger partial charge on any atom is -0.494 e. The molecule has 36 heavy (non-hydrogen) atoms. The topological polar surface area (TPSA) is 58.6 Å². The van der Waals surface area contributed by atoms with E-state index in [-0.39, 0.29) is 24.8 Å². The molecule has 5 nitrogen and oxygen atoms in total. The second-order valence-corrected chi connectivity index (χ2v) is 9.53. The maximum absolute atomic E-state index is 13.5. The van der Waals surface area contributed by atoms with Gasteiger partial charge in [-0.1, -0.05) is 71.2 Å². The average molecular weight is 548 g/mol. The van der Waals surface area contributed by atoms with Crippen LogP contribution in [-0.2, 0) is 22.6 Å². The summed E-state index contributed by atoms with van der Waals surface area (Å²) in [5.41, 5.74) is 1.75. The zero-order chi connectivity index (χ0) is 25.9. The molecule has 0 unspecified atom stereocenters. The fourth-order valence-electron chi connectivity index (χ4n) is 3.77. The monoisotopic (exact) mass is 546 g/mol. The van der Waals surface area contributed by atoms with Crippen molar-refractivity contribution < 1.29 is 14.3 Å². The average Bonchev–Trinajstić information content (AvgIpc) is 2.87. The van der Waals surface area contributed by atoms with Crippen LogP contribution in [0.3, 0.4) is 0 Å². The van der Waals surface area contributed by atoms with Gasteiger partial charge in [-0.15, -0.1) is 0 Å². The molecule has 3 aromatic carbocycles. The van der Waals surface area contributed by atoms with Gasteiger partial charge in [0.1, 0.15) is 11.8 Å². The van der Waals surface area contributed by atoms with Crippen molar-refractivity contribution in [3.05, 3.63) is 99.0 Å². The number of carbonyl (C=O) groups is 2. The molecule has 0 fully saturated rings. The minimum atomic E-state index is -0.688. The van der Waals surface area contributed by atoms with Crippen LogP contribution in [0.5, 0.6) is 5.75 Å². The van der Waals surface area contributed by atoms with Crippen LogP contribution < -0.4 is 10.1 Å². The van der Waals surface area contributed by atoms with Crippen LogP contribution in [0.25, 0.3) is 0 Å². The zero-order valence-corrected chi connectivity index (χ0v) is 22.3. The second kappa shape index (κ2) is 14.1. The summed E-state index contributed by atoms with van der Waals surface area (Å²) in [6.07, 6.45) is 1.10. The SMILES string of the molecule is CCNC(=O)[C@H](Cc1ccccc1)N(Cc1ccc(Cl)c(Cl)c1)C(=O)CCCOc1ccc(Cl)cc1. The lowest BCUT2D eigenvalue weighted by atomic mass is 10.0. The smallest absolute Gasteiger partial charge is 0.243 e. The zero-order valence-electron chi connectivity index (χ0n) is 20.1. The lowest BCUT2D eigenvalue weighted by Gasteiger charge is -2.31. The van der Waals surface area contributed by atoms with E-state index in [1.807, 2.05) is 43.3 Å². The molecule has 3 aromatic rings.